The van der Waals surface area contributed by atoms with Crippen molar-refractivity contribution in [2.75, 3.05) is 13.7 Å². The molecule has 0 spiro atoms. The van der Waals surface area contributed by atoms with Crippen molar-refractivity contribution < 1.29 is 9.84 Å². The van der Waals surface area contributed by atoms with Gasteiger partial charge in [-0.15, -0.1) is 0 Å². The molecular weight excluding hydrogens is 206 g/mol. The van der Waals surface area contributed by atoms with Crippen LogP contribution in [0.5, 0.6) is 0 Å². The van der Waals surface area contributed by atoms with E-state index in [1.807, 2.05) is 4.68 Å². The fourth-order valence-corrected chi connectivity index (χ4v) is 1.55. The number of methoxy groups -OCH3 is 1. The Hall–Kier alpha value is -0.940. The van der Waals surface area contributed by atoms with Gasteiger partial charge in [-0.1, -0.05) is 13.8 Å². The van der Waals surface area contributed by atoms with Gasteiger partial charge >= 0.3 is 0 Å². The van der Waals surface area contributed by atoms with Gasteiger partial charge in [-0.05, 0) is 12.3 Å². The number of hydrogen-bond donors (Lipinski definition) is 1. The van der Waals surface area contributed by atoms with Crippen molar-refractivity contribution in [2.45, 2.75) is 39.3 Å². The van der Waals surface area contributed by atoms with Crippen LogP contribution < -0.4 is 0 Å². The van der Waals surface area contributed by atoms with Crippen molar-refractivity contribution in [3.05, 3.63) is 12.2 Å². The van der Waals surface area contributed by atoms with E-state index in [1.54, 1.807) is 13.4 Å². The summed E-state index contributed by atoms with van der Waals surface area (Å²) in [5.41, 5.74) is 0. The minimum Gasteiger partial charge on any atom is -0.391 e. The SMILES string of the molecule is COCC(O)CCc1ncnn1CC(C)C. The Bertz CT molecular complexity index is 299. The van der Waals surface area contributed by atoms with Crippen LogP contribution in [-0.4, -0.2) is 39.7 Å². The molecule has 0 bridgehead atoms. The molecule has 0 saturated heterocycles. The molecule has 16 heavy (non-hydrogen) atoms. The van der Waals surface area contributed by atoms with Crippen molar-refractivity contribution in [2.24, 2.45) is 5.92 Å². The Morgan fingerprint density at radius 3 is 2.88 bits per heavy atom. The van der Waals surface area contributed by atoms with Gasteiger partial charge in [0.1, 0.15) is 12.2 Å². The molecule has 0 amide bonds. The molecule has 1 atom stereocenters. The minimum atomic E-state index is -0.422. The Kier molecular flexibility index (Phi) is 5.42. The van der Waals surface area contributed by atoms with E-state index in [9.17, 15) is 5.11 Å². The molecule has 1 heterocycles. The molecule has 0 aliphatic rings. The van der Waals surface area contributed by atoms with Gasteiger partial charge < -0.3 is 9.84 Å². The van der Waals surface area contributed by atoms with Gasteiger partial charge in [-0.3, -0.25) is 0 Å². The molecule has 0 aliphatic heterocycles. The van der Waals surface area contributed by atoms with Crippen LogP contribution in [0, 0.1) is 5.92 Å². The molecule has 92 valence electrons. The molecule has 0 aromatic carbocycles. The van der Waals surface area contributed by atoms with Gasteiger partial charge in [0.2, 0.25) is 0 Å². The second kappa shape index (κ2) is 6.60. The van der Waals surface area contributed by atoms with Crippen LogP contribution in [0.25, 0.3) is 0 Å². The third-order valence-electron chi connectivity index (χ3n) is 2.29. The number of aliphatic hydroxyl groups excluding tert-OH is 1. The molecule has 1 aromatic heterocycles. The monoisotopic (exact) mass is 227 g/mol. The molecule has 1 rings (SSSR count). The average molecular weight is 227 g/mol. The lowest BCUT2D eigenvalue weighted by Gasteiger charge is -2.11. The summed E-state index contributed by atoms with van der Waals surface area (Å²) in [6.45, 7) is 5.53. The highest BCUT2D eigenvalue weighted by Gasteiger charge is 2.09. The van der Waals surface area contributed by atoms with Gasteiger partial charge in [0, 0.05) is 20.1 Å². The van der Waals surface area contributed by atoms with Gasteiger partial charge in [0.05, 0.1) is 12.7 Å². The first-order valence-corrected chi connectivity index (χ1v) is 5.67. The zero-order valence-electron chi connectivity index (χ0n) is 10.3. The highest BCUT2D eigenvalue weighted by Crippen LogP contribution is 2.05. The molecule has 0 saturated carbocycles. The maximum atomic E-state index is 9.54. The molecule has 0 fully saturated rings. The average Bonchev–Trinajstić information content (AvgIpc) is 2.62. The quantitative estimate of drug-likeness (QED) is 0.751. The van der Waals surface area contributed by atoms with E-state index in [1.165, 1.54) is 0 Å². The summed E-state index contributed by atoms with van der Waals surface area (Å²) in [6, 6.07) is 0. The lowest BCUT2D eigenvalue weighted by atomic mass is 10.2. The van der Waals surface area contributed by atoms with Crippen molar-refractivity contribution in [3.8, 4) is 0 Å². The van der Waals surface area contributed by atoms with E-state index in [4.69, 9.17) is 4.74 Å². The van der Waals surface area contributed by atoms with Gasteiger partial charge in [0.25, 0.3) is 0 Å². The second-order valence-electron chi connectivity index (χ2n) is 4.40. The molecule has 1 N–H and O–H groups in total. The number of ether oxygens (including phenoxy) is 1. The summed E-state index contributed by atoms with van der Waals surface area (Å²) in [5.74, 6) is 1.48. The van der Waals surface area contributed by atoms with Crippen LogP contribution >= 0.6 is 0 Å². The predicted molar refractivity (Wildman–Crippen MR) is 61.1 cm³/mol. The summed E-state index contributed by atoms with van der Waals surface area (Å²) < 4.78 is 6.78. The van der Waals surface area contributed by atoms with Crippen LogP contribution in [0.4, 0.5) is 0 Å². The van der Waals surface area contributed by atoms with Gasteiger partial charge in [-0.25, -0.2) is 9.67 Å². The lowest BCUT2D eigenvalue weighted by Crippen LogP contribution is -2.17. The molecule has 5 nitrogen and oxygen atoms in total. The molecule has 0 aliphatic carbocycles. The van der Waals surface area contributed by atoms with E-state index < -0.39 is 6.10 Å². The number of aliphatic hydroxyl groups is 1. The zero-order valence-corrected chi connectivity index (χ0v) is 10.3. The van der Waals surface area contributed by atoms with Crippen LogP contribution in [0.15, 0.2) is 6.33 Å². The molecule has 1 aromatic rings. The first-order chi connectivity index (χ1) is 7.63. The van der Waals surface area contributed by atoms with Crippen molar-refractivity contribution >= 4 is 0 Å². The number of hydrogen-bond acceptors (Lipinski definition) is 4. The first-order valence-electron chi connectivity index (χ1n) is 5.67. The number of aromatic nitrogens is 3. The summed E-state index contributed by atoms with van der Waals surface area (Å²) in [7, 11) is 1.59. The zero-order chi connectivity index (χ0) is 12.0. The molecule has 5 heteroatoms. The maximum absolute atomic E-state index is 9.54. The normalized spacial score (nSPS) is 13.3. The Balaban J connectivity index is 2.44. The van der Waals surface area contributed by atoms with Crippen LogP contribution in [0.1, 0.15) is 26.1 Å². The van der Waals surface area contributed by atoms with Crippen molar-refractivity contribution in [1.82, 2.24) is 14.8 Å². The summed E-state index contributed by atoms with van der Waals surface area (Å²) in [5, 5.41) is 13.7. The molecule has 0 radical (unpaired) electrons. The first kappa shape index (κ1) is 13.1. The number of nitrogens with zero attached hydrogens (tertiary/aromatic N) is 3. The Labute approximate surface area is 96.5 Å². The Morgan fingerprint density at radius 1 is 1.50 bits per heavy atom. The fourth-order valence-electron chi connectivity index (χ4n) is 1.55. The summed E-state index contributed by atoms with van der Waals surface area (Å²) in [6.07, 6.45) is 2.54. The topological polar surface area (TPSA) is 60.2 Å². The van der Waals surface area contributed by atoms with Crippen LogP contribution in [0.3, 0.4) is 0 Å². The largest absolute Gasteiger partial charge is 0.391 e. The molecule has 1 unspecified atom stereocenters. The Morgan fingerprint density at radius 2 is 2.25 bits per heavy atom. The van der Waals surface area contributed by atoms with Crippen molar-refractivity contribution in [1.29, 1.82) is 0 Å². The minimum absolute atomic E-state index is 0.373. The fraction of sp³-hybridized carbons (Fsp3) is 0.818. The second-order valence-corrected chi connectivity index (χ2v) is 4.40. The van der Waals surface area contributed by atoms with E-state index in [-0.39, 0.29) is 0 Å². The van der Waals surface area contributed by atoms with E-state index in [0.717, 1.165) is 18.8 Å². The highest BCUT2D eigenvalue weighted by molar-refractivity contribution is 4.85. The van der Waals surface area contributed by atoms with Crippen molar-refractivity contribution in [3.63, 3.8) is 0 Å². The summed E-state index contributed by atoms with van der Waals surface area (Å²) in [4.78, 5) is 4.20. The highest BCUT2D eigenvalue weighted by atomic mass is 16.5. The van der Waals surface area contributed by atoms with E-state index in [2.05, 4.69) is 23.9 Å². The standard InChI is InChI=1S/C11H21N3O2/c1-9(2)6-14-11(12-8-13-14)5-4-10(15)7-16-3/h8-10,15H,4-7H2,1-3H3. The third-order valence-corrected chi connectivity index (χ3v) is 2.29. The number of rotatable bonds is 7. The molecular formula is C11H21N3O2. The van der Waals surface area contributed by atoms with E-state index >= 15 is 0 Å². The predicted octanol–water partition coefficient (Wildman–Crippen LogP) is 0.874. The van der Waals surface area contributed by atoms with Crippen LogP contribution in [-0.2, 0) is 17.7 Å². The van der Waals surface area contributed by atoms with Crippen LogP contribution in [0.2, 0.25) is 0 Å². The maximum Gasteiger partial charge on any atom is 0.138 e. The number of aryl methyl sites for hydroxylation is 1. The lowest BCUT2D eigenvalue weighted by molar-refractivity contribution is 0.0590. The van der Waals surface area contributed by atoms with Gasteiger partial charge in [-0.2, -0.15) is 5.10 Å². The summed E-state index contributed by atoms with van der Waals surface area (Å²) >= 11 is 0. The van der Waals surface area contributed by atoms with Gasteiger partial charge in [0.15, 0.2) is 0 Å². The third kappa shape index (κ3) is 4.28. The smallest absolute Gasteiger partial charge is 0.138 e. The van der Waals surface area contributed by atoms with E-state index in [0.29, 0.717) is 18.9 Å².